The van der Waals surface area contributed by atoms with E-state index in [-0.39, 0.29) is 18.2 Å². The predicted octanol–water partition coefficient (Wildman–Crippen LogP) is 3.76. The van der Waals surface area contributed by atoms with Crippen LogP contribution in [0.4, 0.5) is 5.69 Å². The van der Waals surface area contributed by atoms with Crippen LogP contribution in [-0.2, 0) is 11.2 Å². The third-order valence-electron chi connectivity index (χ3n) is 2.73. The molecular weight excluding hydrogens is 286 g/mol. The molecule has 0 aliphatic rings. The number of nitrogens with one attached hydrogen (secondary N) is 1. The summed E-state index contributed by atoms with van der Waals surface area (Å²) in [5.41, 5.74) is 7.56. The van der Waals surface area contributed by atoms with Crippen molar-refractivity contribution in [2.24, 2.45) is 10.7 Å². The van der Waals surface area contributed by atoms with Crippen LogP contribution in [0.3, 0.4) is 0 Å². The van der Waals surface area contributed by atoms with Crippen molar-refractivity contribution in [3.05, 3.63) is 78.5 Å². The second-order valence-corrected chi connectivity index (χ2v) is 4.44. The highest BCUT2D eigenvalue weighted by Gasteiger charge is 2.01. The molecule has 120 valence electrons. The number of amides is 1. The zero-order chi connectivity index (χ0) is 16.9. The molecule has 0 radical (unpaired) electrons. The Bertz CT molecular complexity index is 634. The van der Waals surface area contributed by atoms with Gasteiger partial charge >= 0.3 is 0 Å². The number of carbonyl (C=O) groups is 1. The van der Waals surface area contributed by atoms with Crippen LogP contribution in [0.25, 0.3) is 0 Å². The molecule has 2 aromatic carbocycles. The van der Waals surface area contributed by atoms with Crippen LogP contribution in [-0.4, -0.2) is 11.7 Å². The summed E-state index contributed by atoms with van der Waals surface area (Å²) in [5.74, 6) is -0.0811. The minimum atomic E-state index is -0.261. The molecule has 2 rings (SSSR count). The molecule has 0 bridgehead atoms. The molecule has 0 aliphatic carbocycles. The Hall–Kier alpha value is -2.88. The lowest BCUT2D eigenvalue weighted by Crippen LogP contribution is -2.12. The predicted molar refractivity (Wildman–Crippen MR) is 97.3 cm³/mol. The van der Waals surface area contributed by atoms with Gasteiger partial charge in [0.05, 0.1) is 6.42 Å². The van der Waals surface area contributed by atoms with E-state index >= 15 is 0 Å². The summed E-state index contributed by atoms with van der Waals surface area (Å²) in [6.07, 6.45) is 3.47. The van der Waals surface area contributed by atoms with E-state index in [0.29, 0.717) is 0 Å². The molecule has 0 aliphatic heterocycles. The van der Waals surface area contributed by atoms with E-state index in [2.05, 4.69) is 10.3 Å². The van der Waals surface area contributed by atoms with E-state index in [4.69, 9.17) is 5.73 Å². The molecule has 23 heavy (non-hydrogen) atoms. The van der Waals surface area contributed by atoms with E-state index in [0.717, 1.165) is 11.3 Å². The van der Waals surface area contributed by atoms with Gasteiger partial charge in [-0.1, -0.05) is 62.4 Å². The van der Waals surface area contributed by atoms with Crippen LogP contribution in [0.15, 0.2) is 77.9 Å². The Labute approximate surface area is 137 Å². The van der Waals surface area contributed by atoms with E-state index in [1.54, 1.807) is 12.3 Å². The van der Waals surface area contributed by atoms with E-state index in [9.17, 15) is 4.79 Å². The first kappa shape index (κ1) is 18.2. The molecule has 4 heteroatoms. The molecule has 0 aromatic heterocycles. The number of anilines is 1. The van der Waals surface area contributed by atoms with Crippen molar-refractivity contribution >= 4 is 17.4 Å². The van der Waals surface area contributed by atoms with Crippen LogP contribution in [0.1, 0.15) is 19.4 Å². The lowest BCUT2D eigenvalue weighted by molar-refractivity contribution is -0.117. The van der Waals surface area contributed by atoms with Crippen molar-refractivity contribution in [3.63, 3.8) is 0 Å². The molecule has 0 saturated carbocycles. The summed E-state index contributed by atoms with van der Waals surface area (Å²) in [6, 6.07) is 19.1. The lowest BCUT2D eigenvalue weighted by atomic mass is 10.1. The average molecular weight is 309 g/mol. The summed E-state index contributed by atoms with van der Waals surface area (Å²) in [5, 5.41) is 3.05. The number of carbonyl (C=O) groups excluding carboxylic acids is 1. The Morgan fingerprint density at radius 1 is 1.04 bits per heavy atom. The van der Waals surface area contributed by atoms with Crippen molar-refractivity contribution in [2.75, 3.05) is 5.32 Å². The maximum atomic E-state index is 11.7. The normalized spacial score (nSPS) is 10.8. The number of nitrogens with zero attached hydrogens (tertiary/aromatic N) is 1. The number of para-hydroxylation sites is 1. The van der Waals surface area contributed by atoms with Gasteiger partial charge in [0.15, 0.2) is 0 Å². The molecule has 2 aromatic rings. The molecule has 0 saturated heterocycles. The van der Waals surface area contributed by atoms with Gasteiger partial charge in [-0.3, -0.25) is 4.79 Å². The second kappa shape index (κ2) is 10.8. The smallest absolute Gasteiger partial charge is 0.252 e. The van der Waals surface area contributed by atoms with Gasteiger partial charge in [-0.05, 0) is 23.8 Å². The molecule has 1 amide bonds. The Morgan fingerprint density at radius 2 is 1.61 bits per heavy atom. The zero-order valence-electron chi connectivity index (χ0n) is 13.6. The van der Waals surface area contributed by atoms with Gasteiger partial charge in [-0.15, -0.1) is 0 Å². The fourth-order valence-electron chi connectivity index (χ4n) is 1.75. The Kier molecular flexibility index (Phi) is 8.52. The van der Waals surface area contributed by atoms with Crippen LogP contribution < -0.4 is 11.1 Å². The number of hydrogen-bond donors (Lipinski definition) is 2. The fourth-order valence-corrected chi connectivity index (χ4v) is 1.75. The number of nitrogens with two attached hydrogens (primary N) is 1. The molecule has 0 unspecified atom stereocenters. The largest absolute Gasteiger partial charge is 0.384 e. The van der Waals surface area contributed by atoms with Crippen LogP contribution in [0, 0.1) is 0 Å². The number of hydrogen-bond acceptors (Lipinski definition) is 2. The third kappa shape index (κ3) is 7.62. The van der Waals surface area contributed by atoms with Crippen LogP contribution in [0.2, 0.25) is 0 Å². The van der Waals surface area contributed by atoms with E-state index in [1.165, 1.54) is 0 Å². The molecular formula is C19H23N3O. The van der Waals surface area contributed by atoms with Gasteiger partial charge in [0.1, 0.15) is 5.84 Å². The highest BCUT2D eigenvalue weighted by Crippen LogP contribution is 2.04. The summed E-state index contributed by atoms with van der Waals surface area (Å²) < 4.78 is 0. The second-order valence-electron chi connectivity index (χ2n) is 4.44. The van der Waals surface area contributed by atoms with Gasteiger partial charge in [0, 0.05) is 11.9 Å². The summed E-state index contributed by atoms with van der Waals surface area (Å²) in [6.45, 7) is 4.00. The number of amidine groups is 1. The molecule has 3 N–H and O–H groups in total. The Morgan fingerprint density at radius 3 is 2.22 bits per heavy atom. The quantitative estimate of drug-likeness (QED) is 0.652. The number of rotatable bonds is 5. The molecule has 4 nitrogen and oxygen atoms in total. The number of benzene rings is 2. The lowest BCUT2D eigenvalue weighted by Gasteiger charge is -1.99. The highest BCUT2D eigenvalue weighted by atomic mass is 16.1. The first-order valence-corrected chi connectivity index (χ1v) is 7.63. The maximum Gasteiger partial charge on any atom is 0.252 e. The summed E-state index contributed by atoms with van der Waals surface area (Å²) in [4.78, 5) is 15.6. The fraction of sp³-hybridized carbons (Fsp3) is 0.158. The van der Waals surface area contributed by atoms with Gasteiger partial charge in [0.25, 0.3) is 5.91 Å². The third-order valence-corrected chi connectivity index (χ3v) is 2.73. The molecule has 0 heterocycles. The monoisotopic (exact) mass is 309 g/mol. The van der Waals surface area contributed by atoms with E-state index in [1.807, 2.05) is 74.5 Å². The SMILES string of the molecule is CC.NC(/C=C\Nc1ccccc1)=NC(=O)Cc1ccccc1. The Balaban J connectivity index is 0.00000127. The minimum Gasteiger partial charge on any atom is -0.384 e. The van der Waals surface area contributed by atoms with Crippen molar-refractivity contribution in [3.8, 4) is 0 Å². The minimum absolute atomic E-state index is 0.180. The van der Waals surface area contributed by atoms with Crippen molar-refractivity contribution in [1.29, 1.82) is 0 Å². The molecule has 0 spiro atoms. The first-order chi connectivity index (χ1) is 11.2. The van der Waals surface area contributed by atoms with Gasteiger partial charge < -0.3 is 11.1 Å². The van der Waals surface area contributed by atoms with Crippen molar-refractivity contribution in [1.82, 2.24) is 0 Å². The zero-order valence-corrected chi connectivity index (χ0v) is 13.6. The molecule has 0 fully saturated rings. The van der Waals surface area contributed by atoms with Crippen LogP contribution >= 0.6 is 0 Å². The van der Waals surface area contributed by atoms with Gasteiger partial charge in [-0.25, -0.2) is 0 Å². The molecule has 0 atom stereocenters. The standard InChI is InChI=1S/C17H17N3O.C2H6/c18-16(11-12-19-15-9-5-2-6-10-15)20-17(21)13-14-7-3-1-4-8-14;1-2/h1-12,19H,13H2,(H2,18,20,21);1-2H3/b12-11-;. The topological polar surface area (TPSA) is 67.5 Å². The van der Waals surface area contributed by atoms with Gasteiger partial charge in [0.2, 0.25) is 0 Å². The maximum absolute atomic E-state index is 11.7. The summed E-state index contributed by atoms with van der Waals surface area (Å²) >= 11 is 0. The van der Waals surface area contributed by atoms with E-state index < -0.39 is 0 Å². The van der Waals surface area contributed by atoms with Crippen molar-refractivity contribution in [2.45, 2.75) is 20.3 Å². The number of aliphatic imine (C=N–C) groups is 1. The average Bonchev–Trinajstić information content (AvgIpc) is 2.58. The van der Waals surface area contributed by atoms with Crippen molar-refractivity contribution < 1.29 is 4.79 Å². The van der Waals surface area contributed by atoms with Gasteiger partial charge in [-0.2, -0.15) is 4.99 Å². The summed E-state index contributed by atoms with van der Waals surface area (Å²) in [7, 11) is 0. The highest BCUT2D eigenvalue weighted by molar-refractivity contribution is 6.00. The first-order valence-electron chi connectivity index (χ1n) is 7.63. The van der Waals surface area contributed by atoms with Crippen LogP contribution in [0.5, 0.6) is 0 Å².